The third kappa shape index (κ3) is 1.71. The predicted molar refractivity (Wildman–Crippen MR) is 60.3 cm³/mol. The standard InChI is InChI=1S/C9H19N3O2S/c1-5-7-9(3,6-2)11-8(10)12(4)15(7,13)14/h7H,5-6H2,1-4H3,(H2,10,11). The lowest BCUT2D eigenvalue weighted by atomic mass is 9.92. The second-order valence-corrected chi connectivity index (χ2v) is 6.30. The molecule has 0 bridgehead atoms. The lowest BCUT2D eigenvalue weighted by Gasteiger charge is -2.45. The molecule has 1 saturated heterocycles. The maximum atomic E-state index is 12.1. The lowest BCUT2D eigenvalue weighted by molar-refractivity contribution is 0.329. The molecule has 0 aliphatic carbocycles. The summed E-state index contributed by atoms with van der Waals surface area (Å²) in [6, 6.07) is 0. The Morgan fingerprint density at radius 1 is 1.53 bits per heavy atom. The van der Waals surface area contributed by atoms with Gasteiger partial charge >= 0.3 is 0 Å². The van der Waals surface area contributed by atoms with E-state index in [0.29, 0.717) is 12.8 Å². The van der Waals surface area contributed by atoms with Gasteiger partial charge in [0, 0.05) is 7.05 Å². The Labute approximate surface area is 91.4 Å². The smallest absolute Gasteiger partial charge is 0.242 e. The summed E-state index contributed by atoms with van der Waals surface area (Å²) in [4.78, 5) is 0. The zero-order valence-corrected chi connectivity index (χ0v) is 10.5. The van der Waals surface area contributed by atoms with E-state index in [-0.39, 0.29) is 5.96 Å². The van der Waals surface area contributed by atoms with Crippen LogP contribution in [0.2, 0.25) is 0 Å². The van der Waals surface area contributed by atoms with E-state index < -0.39 is 20.8 Å². The fourth-order valence-electron chi connectivity index (χ4n) is 2.05. The van der Waals surface area contributed by atoms with Gasteiger partial charge in [0.2, 0.25) is 16.0 Å². The van der Waals surface area contributed by atoms with Crippen molar-refractivity contribution in [3.05, 3.63) is 0 Å². The Kier molecular flexibility index (Phi) is 3.00. The quantitative estimate of drug-likeness (QED) is 0.738. The fraction of sp³-hybridized carbons (Fsp3) is 0.889. The highest BCUT2D eigenvalue weighted by molar-refractivity contribution is 7.90. The van der Waals surface area contributed by atoms with Gasteiger partial charge in [0.25, 0.3) is 0 Å². The van der Waals surface area contributed by atoms with Crippen LogP contribution in [0.3, 0.4) is 0 Å². The number of nitrogens with zero attached hydrogens (tertiary/aromatic N) is 1. The molecule has 0 radical (unpaired) electrons. The van der Waals surface area contributed by atoms with Crippen molar-refractivity contribution >= 4 is 16.0 Å². The minimum Gasteiger partial charge on any atom is -0.349 e. The van der Waals surface area contributed by atoms with Crippen LogP contribution < -0.4 is 5.32 Å². The number of sulfonamides is 1. The Morgan fingerprint density at radius 3 is 2.47 bits per heavy atom. The van der Waals surface area contributed by atoms with E-state index in [1.807, 2.05) is 20.8 Å². The molecule has 1 fully saturated rings. The average molecular weight is 233 g/mol. The van der Waals surface area contributed by atoms with E-state index in [4.69, 9.17) is 5.41 Å². The van der Waals surface area contributed by atoms with E-state index in [9.17, 15) is 8.42 Å². The number of hydrogen-bond acceptors (Lipinski definition) is 3. The Hall–Kier alpha value is -0.780. The summed E-state index contributed by atoms with van der Waals surface area (Å²) in [6.45, 7) is 5.66. The van der Waals surface area contributed by atoms with Crippen molar-refractivity contribution in [3.63, 3.8) is 0 Å². The summed E-state index contributed by atoms with van der Waals surface area (Å²) in [6.07, 6.45) is 1.23. The van der Waals surface area contributed by atoms with Crippen LogP contribution in [-0.2, 0) is 10.0 Å². The molecule has 1 aliphatic rings. The van der Waals surface area contributed by atoms with Gasteiger partial charge in [-0.1, -0.05) is 13.8 Å². The number of rotatable bonds is 2. The molecule has 2 unspecified atom stereocenters. The molecule has 0 saturated carbocycles. The van der Waals surface area contributed by atoms with Crippen LogP contribution in [0.1, 0.15) is 33.6 Å². The van der Waals surface area contributed by atoms with Crippen molar-refractivity contribution in [2.24, 2.45) is 0 Å². The zero-order chi connectivity index (χ0) is 11.9. The first-order valence-electron chi connectivity index (χ1n) is 5.14. The highest BCUT2D eigenvalue weighted by Gasteiger charge is 2.48. The zero-order valence-electron chi connectivity index (χ0n) is 9.66. The molecule has 0 aromatic carbocycles. The molecule has 6 heteroatoms. The first-order valence-corrected chi connectivity index (χ1v) is 6.64. The summed E-state index contributed by atoms with van der Waals surface area (Å²) < 4.78 is 25.2. The molecule has 15 heavy (non-hydrogen) atoms. The number of guanidine groups is 1. The van der Waals surface area contributed by atoms with E-state index in [2.05, 4.69) is 5.32 Å². The first kappa shape index (κ1) is 12.3. The minimum atomic E-state index is -3.37. The van der Waals surface area contributed by atoms with Crippen LogP contribution in [0, 0.1) is 5.41 Å². The lowest BCUT2D eigenvalue weighted by Crippen LogP contribution is -2.67. The third-order valence-corrected chi connectivity index (χ3v) is 5.79. The first-order chi connectivity index (χ1) is 6.79. The second kappa shape index (κ2) is 3.66. The van der Waals surface area contributed by atoms with Crippen molar-refractivity contribution in [1.29, 1.82) is 5.41 Å². The van der Waals surface area contributed by atoms with Gasteiger partial charge in [-0.05, 0) is 19.8 Å². The summed E-state index contributed by atoms with van der Waals surface area (Å²) in [5.74, 6) is -0.0379. The van der Waals surface area contributed by atoms with Crippen LogP contribution in [0.5, 0.6) is 0 Å². The van der Waals surface area contributed by atoms with E-state index in [1.165, 1.54) is 7.05 Å². The van der Waals surface area contributed by atoms with Crippen LogP contribution in [0.4, 0.5) is 0 Å². The molecule has 0 aromatic heterocycles. The molecule has 0 aromatic rings. The van der Waals surface area contributed by atoms with Crippen LogP contribution in [-0.4, -0.2) is 36.5 Å². The fourth-order valence-corrected chi connectivity index (χ4v) is 4.04. The molecule has 1 aliphatic heterocycles. The normalized spacial score (nSPS) is 35.1. The molecule has 1 rings (SSSR count). The highest BCUT2D eigenvalue weighted by Crippen LogP contribution is 2.29. The van der Waals surface area contributed by atoms with Gasteiger partial charge in [-0.3, -0.25) is 5.41 Å². The van der Waals surface area contributed by atoms with E-state index >= 15 is 0 Å². The number of hydrogen-bond donors (Lipinski definition) is 2. The maximum absolute atomic E-state index is 12.1. The maximum Gasteiger partial charge on any atom is 0.242 e. The average Bonchev–Trinajstić information content (AvgIpc) is 2.15. The topological polar surface area (TPSA) is 73.3 Å². The summed E-state index contributed by atoms with van der Waals surface area (Å²) in [5.41, 5.74) is -0.531. The molecule has 0 amide bonds. The van der Waals surface area contributed by atoms with Gasteiger partial charge < -0.3 is 5.32 Å². The third-order valence-electron chi connectivity index (χ3n) is 3.28. The molecule has 88 valence electrons. The second-order valence-electron chi connectivity index (χ2n) is 4.15. The van der Waals surface area contributed by atoms with Crippen molar-refractivity contribution in [1.82, 2.24) is 9.62 Å². The van der Waals surface area contributed by atoms with Crippen molar-refractivity contribution in [2.75, 3.05) is 7.05 Å². The molecule has 1 heterocycles. The molecular formula is C9H19N3O2S. The predicted octanol–water partition coefficient (Wildman–Crippen LogP) is 0.733. The van der Waals surface area contributed by atoms with Crippen molar-refractivity contribution < 1.29 is 8.42 Å². The highest BCUT2D eigenvalue weighted by atomic mass is 32.2. The van der Waals surface area contributed by atoms with Gasteiger partial charge in [-0.2, -0.15) is 0 Å². The molecule has 2 atom stereocenters. The molecule has 2 N–H and O–H groups in total. The van der Waals surface area contributed by atoms with E-state index in [0.717, 1.165) is 4.31 Å². The van der Waals surface area contributed by atoms with Crippen LogP contribution in [0.15, 0.2) is 0 Å². The van der Waals surface area contributed by atoms with E-state index in [1.54, 1.807) is 0 Å². The summed E-state index contributed by atoms with van der Waals surface area (Å²) in [5, 5.41) is 10.1. The van der Waals surface area contributed by atoms with Gasteiger partial charge in [-0.25, -0.2) is 12.7 Å². The van der Waals surface area contributed by atoms with Crippen molar-refractivity contribution in [2.45, 2.75) is 44.4 Å². The number of nitrogens with one attached hydrogen (secondary N) is 2. The SMILES string of the molecule is CCC1C(C)(CC)NC(=N)N(C)S1(=O)=O. The van der Waals surface area contributed by atoms with Gasteiger partial charge in [0.1, 0.15) is 5.25 Å². The molecule has 5 nitrogen and oxygen atoms in total. The van der Waals surface area contributed by atoms with Crippen LogP contribution >= 0.6 is 0 Å². The Bertz CT molecular complexity index is 366. The summed E-state index contributed by atoms with van der Waals surface area (Å²) in [7, 11) is -1.96. The van der Waals surface area contributed by atoms with Gasteiger partial charge in [0.15, 0.2) is 0 Å². The Morgan fingerprint density at radius 2 is 2.07 bits per heavy atom. The van der Waals surface area contributed by atoms with Gasteiger partial charge in [0.05, 0.1) is 5.54 Å². The molecule has 0 spiro atoms. The Balaban J connectivity index is 3.23. The molecular weight excluding hydrogens is 214 g/mol. The monoisotopic (exact) mass is 233 g/mol. The largest absolute Gasteiger partial charge is 0.349 e. The summed E-state index contributed by atoms with van der Waals surface area (Å²) >= 11 is 0. The minimum absolute atomic E-state index is 0.0379. The van der Waals surface area contributed by atoms with Crippen molar-refractivity contribution in [3.8, 4) is 0 Å². The van der Waals surface area contributed by atoms with Crippen LogP contribution in [0.25, 0.3) is 0 Å². The van der Waals surface area contributed by atoms with Gasteiger partial charge in [-0.15, -0.1) is 0 Å².